The number of hydrogen-bond acceptors (Lipinski definition) is 7. The van der Waals surface area contributed by atoms with E-state index in [4.69, 9.17) is 23.7 Å². The van der Waals surface area contributed by atoms with Crippen molar-refractivity contribution in [3.8, 4) is 28.7 Å². The highest BCUT2D eigenvalue weighted by molar-refractivity contribution is 5.94. The number of ether oxygens (including phenoxy) is 5. The number of aliphatic hydroxyl groups excluding tert-OH is 1. The molecule has 3 aromatic rings. The van der Waals surface area contributed by atoms with Crippen LogP contribution >= 0.6 is 0 Å². The van der Waals surface area contributed by atoms with Crippen LogP contribution in [-0.4, -0.2) is 45.2 Å². The van der Waals surface area contributed by atoms with Crippen molar-refractivity contribution in [2.45, 2.75) is 25.0 Å². The second kappa shape index (κ2) is 11.0. The zero-order chi connectivity index (χ0) is 24.8. The highest BCUT2D eigenvalue weighted by atomic mass is 16.7. The molecular formula is C27H29NO7. The van der Waals surface area contributed by atoms with Gasteiger partial charge in [0, 0.05) is 17.5 Å². The van der Waals surface area contributed by atoms with Crippen LogP contribution in [0.1, 0.15) is 33.9 Å². The quantitative estimate of drug-likeness (QED) is 0.455. The van der Waals surface area contributed by atoms with E-state index in [0.717, 1.165) is 5.56 Å². The molecule has 0 unspecified atom stereocenters. The summed E-state index contributed by atoms with van der Waals surface area (Å²) in [6.45, 7) is 0.0686. The fourth-order valence-corrected chi connectivity index (χ4v) is 4.15. The number of carbonyl (C=O) groups is 1. The van der Waals surface area contributed by atoms with Gasteiger partial charge in [-0.1, -0.05) is 30.3 Å². The summed E-state index contributed by atoms with van der Waals surface area (Å²) in [5.74, 6) is 2.42. The van der Waals surface area contributed by atoms with Gasteiger partial charge in [0.05, 0.1) is 33.5 Å². The second-order valence-corrected chi connectivity index (χ2v) is 8.09. The van der Waals surface area contributed by atoms with Crippen molar-refractivity contribution in [1.82, 2.24) is 5.32 Å². The van der Waals surface area contributed by atoms with Crippen LogP contribution in [0.2, 0.25) is 0 Å². The number of benzene rings is 3. The Bertz CT molecular complexity index is 1150. The van der Waals surface area contributed by atoms with E-state index in [1.54, 1.807) is 39.5 Å². The van der Waals surface area contributed by atoms with Crippen molar-refractivity contribution < 1.29 is 33.6 Å². The summed E-state index contributed by atoms with van der Waals surface area (Å²) in [6.07, 6.45) is -0.286. The molecule has 4 rings (SSSR count). The molecule has 8 heteroatoms. The predicted molar refractivity (Wildman–Crippen MR) is 130 cm³/mol. The molecular weight excluding hydrogens is 450 g/mol. The Morgan fingerprint density at radius 3 is 2.34 bits per heavy atom. The fraction of sp³-hybridized carbons (Fsp3) is 0.296. The molecule has 2 atom stereocenters. The first-order valence-electron chi connectivity index (χ1n) is 11.3. The lowest BCUT2D eigenvalue weighted by Crippen LogP contribution is -2.31. The summed E-state index contributed by atoms with van der Waals surface area (Å²) in [7, 11) is 4.68. The van der Waals surface area contributed by atoms with Gasteiger partial charge < -0.3 is 34.1 Å². The molecule has 2 N–H and O–H groups in total. The van der Waals surface area contributed by atoms with Gasteiger partial charge >= 0.3 is 0 Å². The molecule has 1 heterocycles. The third kappa shape index (κ3) is 5.44. The number of aliphatic hydroxyl groups is 1. The standard InChI is InChI=1S/C27H29NO7/c1-31-21-11-9-17(10-12-21)22(28-27(30)18-7-5-4-6-8-18)15-20(29)13-19-14-23(32-2)25-26(24(19)33-3)35-16-34-25/h4-12,14,20,22,29H,13,15-16H2,1-3H3,(H,28,30)/t20-,22+/m1/s1. The van der Waals surface area contributed by atoms with E-state index in [2.05, 4.69) is 5.32 Å². The summed E-state index contributed by atoms with van der Waals surface area (Å²) in [4.78, 5) is 12.9. The Labute approximate surface area is 204 Å². The molecule has 0 aromatic heterocycles. The predicted octanol–water partition coefficient (Wildman–Crippen LogP) is 3.91. The van der Waals surface area contributed by atoms with E-state index in [0.29, 0.717) is 39.9 Å². The van der Waals surface area contributed by atoms with Crippen LogP contribution < -0.4 is 29.0 Å². The Morgan fingerprint density at radius 1 is 0.971 bits per heavy atom. The smallest absolute Gasteiger partial charge is 0.251 e. The van der Waals surface area contributed by atoms with Crippen LogP contribution in [0.25, 0.3) is 0 Å². The summed E-state index contributed by atoms with van der Waals surface area (Å²) < 4.78 is 27.4. The lowest BCUT2D eigenvalue weighted by molar-refractivity contribution is 0.0909. The number of rotatable bonds is 10. The summed E-state index contributed by atoms with van der Waals surface area (Å²) in [5.41, 5.74) is 2.11. The number of hydrogen-bond donors (Lipinski definition) is 2. The molecule has 3 aromatic carbocycles. The monoisotopic (exact) mass is 479 g/mol. The SMILES string of the molecule is COc1ccc([C@H](C[C@H](O)Cc2cc(OC)c3c(c2OC)OCO3)NC(=O)c2ccccc2)cc1. The largest absolute Gasteiger partial charge is 0.497 e. The van der Waals surface area contributed by atoms with Crippen molar-refractivity contribution >= 4 is 5.91 Å². The Balaban J connectivity index is 1.57. The number of nitrogens with one attached hydrogen (secondary N) is 1. The molecule has 0 fully saturated rings. The first-order chi connectivity index (χ1) is 17.0. The average Bonchev–Trinajstić information content (AvgIpc) is 3.38. The zero-order valence-electron chi connectivity index (χ0n) is 19.9. The Kier molecular flexibility index (Phi) is 7.62. The molecule has 0 saturated carbocycles. The summed E-state index contributed by atoms with van der Waals surface area (Å²) in [6, 6.07) is 17.7. The second-order valence-electron chi connectivity index (χ2n) is 8.09. The number of carbonyl (C=O) groups excluding carboxylic acids is 1. The van der Waals surface area contributed by atoms with Crippen LogP contribution in [-0.2, 0) is 6.42 Å². The van der Waals surface area contributed by atoms with Crippen molar-refractivity contribution in [3.63, 3.8) is 0 Å². The van der Waals surface area contributed by atoms with Gasteiger partial charge in [-0.15, -0.1) is 0 Å². The maximum Gasteiger partial charge on any atom is 0.251 e. The van der Waals surface area contributed by atoms with Gasteiger partial charge in [-0.25, -0.2) is 0 Å². The molecule has 184 valence electrons. The van der Waals surface area contributed by atoms with Gasteiger partial charge in [0.15, 0.2) is 11.5 Å². The molecule has 0 spiro atoms. The van der Waals surface area contributed by atoms with Crippen molar-refractivity contribution in [2.24, 2.45) is 0 Å². The van der Waals surface area contributed by atoms with Crippen LogP contribution in [0.5, 0.6) is 28.7 Å². The summed E-state index contributed by atoms with van der Waals surface area (Å²) in [5, 5.41) is 14.2. The van der Waals surface area contributed by atoms with Gasteiger partial charge in [-0.2, -0.15) is 0 Å². The minimum atomic E-state index is -0.808. The van der Waals surface area contributed by atoms with E-state index in [1.165, 1.54) is 0 Å². The highest BCUT2D eigenvalue weighted by Gasteiger charge is 2.28. The Morgan fingerprint density at radius 2 is 1.69 bits per heavy atom. The number of methoxy groups -OCH3 is 3. The number of fused-ring (bicyclic) bond motifs is 1. The molecule has 0 saturated heterocycles. The first kappa shape index (κ1) is 24.2. The van der Waals surface area contributed by atoms with Crippen LogP contribution in [0, 0.1) is 0 Å². The minimum absolute atomic E-state index is 0.0686. The van der Waals surface area contributed by atoms with E-state index in [9.17, 15) is 9.90 Å². The molecule has 0 aliphatic carbocycles. The normalized spacial score (nSPS) is 13.6. The molecule has 0 bridgehead atoms. The Hall–Kier alpha value is -3.91. The van der Waals surface area contributed by atoms with Crippen LogP contribution in [0.15, 0.2) is 60.7 Å². The fourth-order valence-electron chi connectivity index (χ4n) is 4.15. The lowest BCUT2D eigenvalue weighted by atomic mass is 9.95. The van der Waals surface area contributed by atoms with E-state index >= 15 is 0 Å². The topological polar surface area (TPSA) is 95.5 Å². The van der Waals surface area contributed by atoms with E-state index in [-0.39, 0.29) is 25.5 Å². The highest BCUT2D eigenvalue weighted by Crippen LogP contribution is 2.49. The van der Waals surface area contributed by atoms with Gasteiger partial charge in [0.2, 0.25) is 18.3 Å². The third-order valence-corrected chi connectivity index (χ3v) is 5.89. The third-order valence-electron chi connectivity index (χ3n) is 5.89. The maximum absolute atomic E-state index is 12.9. The number of amides is 1. The van der Waals surface area contributed by atoms with E-state index in [1.807, 2.05) is 42.5 Å². The molecule has 35 heavy (non-hydrogen) atoms. The molecule has 8 nitrogen and oxygen atoms in total. The molecule has 1 aliphatic heterocycles. The molecule has 0 radical (unpaired) electrons. The van der Waals surface area contributed by atoms with E-state index < -0.39 is 12.1 Å². The van der Waals surface area contributed by atoms with Gasteiger partial charge in [-0.3, -0.25) is 4.79 Å². The van der Waals surface area contributed by atoms with Crippen molar-refractivity contribution in [3.05, 3.63) is 77.4 Å². The molecule has 1 amide bonds. The minimum Gasteiger partial charge on any atom is -0.497 e. The van der Waals surface area contributed by atoms with Gasteiger partial charge in [0.25, 0.3) is 5.91 Å². The lowest BCUT2D eigenvalue weighted by Gasteiger charge is -2.23. The van der Waals surface area contributed by atoms with Crippen molar-refractivity contribution in [1.29, 1.82) is 0 Å². The zero-order valence-corrected chi connectivity index (χ0v) is 19.9. The maximum atomic E-state index is 12.9. The summed E-state index contributed by atoms with van der Waals surface area (Å²) >= 11 is 0. The van der Waals surface area contributed by atoms with Crippen LogP contribution in [0.3, 0.4) is 0 Å². The van der Waals surface area contributed by atoms with Gasteiger partial charge in [-0.05, 0) is 42.3 Å². The van der Waals surface area contributed by atoms with Crippen molar-refractivity contribution in [2.75, 3.05) is 28.1 Å². The van der Waals surface area contributed by atoms with Crippen LogP contribution in [0.4, 0.5) is 0 Å². The first-order valence-corrected chi connectivity index (χ1v) is 11.3. The molecule has 1 aliphatic rings. The average molecular weight is 480 g/mol. The van der Waals surface area contributed by atoms with Gasteiger partial charge in [0.1, 0.15) is 5.75 Å².